The van der Waals surface area contributed by atoms with Crippen molar-refractivity contribution in [3.8, 4) is 5.75 Å². The number of hydrogen-bond acceptors (Lipinski definition) is 3. The fourth-order valence-electron chi connectivity index (χ4n) is 2.65. The van der Waals surface area contributed by atoms with Crippen LogP contribution in [0.4, 0.5) is 13.2 Å². The third-order valence-corrected chi connectivity index (χ3v) is 3.84. The van der Waals surface area contributed by atoms with Crippen molar-refractivity contribution in [2.45, 2.75) is 44.7 Å². The van der Waals surface area contributed by atoms with E-state index in [1.165, 1.54) is 12.1 Å². The SMILES string of the molecule is CC(NCC1CCC(O)C1)c1ccc(OC(F)(F)F)cc1. The van der Waals surface area contributed by atoms with Gasteiger partial charge in [0.25, 0.3) is 0 Å². The molecule has 1 fully saturated rings. The lowest BCUT2D eigenvalue weighted by atomic mass is 10.1. The van der Waals surface area contributed by atoms with Gasteiger partial charge in [0.1, 0.15) is 5.75 Å². The number of benzene rings is 1. The van der Waals surface area contributed by atoms with Gasteiger partial charge in [-0.1, -0.05) is 12.1 Å². The van der Waals surface area contributed by atoms with Gasteiger partial charge in [-0.15, -0.1) is 13.2 Å². The Kier molecular flexibility index (Phi) is 5.11. The molecule has 0 saturated heterocycles. The Morgan fingerprint density at radius 2 is 1.95 bits per heavy atom. The van der Waals surface area contributed by atoms with E-state index in [9.17, 15) is 18.3 Å². The molecule has 0 spiro atoms. The Bertz CT molecular complexity index is 447. The number of aliphatic hydroxyl groups is 1. The summed E-state index contributed by atoms with van der Waals surface area (Å²) in [5, 5.41) is 12.8. The van der Waals surface area contributed by atoms with Gasteiger partial charge in [0.2, 0.25) is 0 Å². The topological polar surface area (TPSA) is 41.5 Å². The van der Waals surface area contributed by atoms with Crippen molar-refractivity contribution in [3.63, 3.8) is 0 Å². The molecule has 0 bridgehead atoms. The third kappa shape index (κ3) is 5.21. The average molecular weight is 303 g/mol. The molecule has 3 unspecified atom stereocenters. The molecule has 2 N–H and O–H groups in total. The molecule has 21 heavy (non-hydrogen) atoms. The highest BCUT2D eigenvalue weighted by Crippen LogP contribution is 2.26. The van der Waals surface area contributed by atoms with E-state index >= 15 is 0 Å². The van der Waals surface area contributed by atoms with Gasteiger partial charge < -0.3 is 15.2 Å². The molecule has 1 aromatic carbocycles. The van der Waals surface area contributed by atoms with E-state index < -0.39 is 6.36 Å². The van der Waals surface area contributed by atoms with E-state index in [1.54, 1.807) is 12.1 Å². The Morgan fingerprint density at radius 1 is 1.29 bits per heavy atom. The van der Waals surface area contributed by atoms with Crippen LogP contribution >= 0.6 is 0 Å². The fourth-order valence-corrected chi connectivity index (χ4v) is 2.65. The molecule has 0 radical (unpaired) electrons. The second kappa shape index (κ2) is 6.66. The van der Waals surface area contributed by atoms with Gasteiger partial charge in [-0.3, -0.25) is 0 Å². The molecule has 0 aliphatic heterocycles. The molecule has 2 rings (SSSR count). The largest absolute Gasteiger partial charge is 0.573 e. The lowest BCUT2D eigenvalue weighted by Gasteiger charge is -2.18. The Morgan fingerprint density at radius 3 is 2.48 bits per heavy atom. The first-order chi connectivity index (χ1) is 9.83. The van der Waals surface area contributed by atoms with Gasteiger partial charge in [-0.05, 0) is 56.3 Å². The van der Waals surface area contributed by atoms with E-state index in [0.29, 0.717) is 5.92 Å². The molecular formula is C15H20F3NO2. The molecule has 6 heteroatoms. The van der Waals surface area contributed by atoms with Gasteiger partial charge in [0.05, 0.1) is 6.10 Å². The average Bonchev–Trinajstić information content (AvgIpc) is 2.81. The quantitative estimate of drug-likeness (QED) is 0.876. The first kappa shape index (κ1) is 16.1. The Hall–Kier alpha value is -1.27. The second-order valence-corrected chi connectivity index (χ2v) is 5.58. The summed E-state index contributed by atoms with van der Waals surface area (Å²) in [5.74, 6) is 0.257. The minimum Gasteiger partial charge on any atom is -0.406 e. The predicted octanol–water partition coefficient (Wildman–Crippen LogP) is 3.40. The summed E-state index contributed by atoms with van der Waals surface area (Å²) >= 11 is 0. The number of alkyl halides is 3. The van der Waals surface area contributed by atoms with E-state index in [2.05, 4.69) is 10.1 Å². The summed E-state index contributed by atoms with van der Waals surface area (Å²) in [5.41, 5.74) is 0.906. The Labute approximate surface area is 122 Å². The lowest BCUT2D eigenvalue weighted by Crippen LogP contribution is -2.25. The van der Waals surface area contributed by atoms with Crippen molar-refractivity contribution >= 4 is 0 Å². The van der Waals surface area contributed by atoms with E-state index in [4.69, 9.17) is 0 Å². The molecule has 3 nitrogen and oxygen atoms in total. The first-order valence-corrected chi connectivity index (χ1v) is 7.10. The summed E-state index contributed by atoms with van der Waals surface area (Å²) in [6, 6.07) is 5.94. The highest BCUT2D eigenvalue weighted by molar-refractivity contribution is 5.29. The maximum Gasteiger partial charge on any atom is 0.573 e. The molecule has 1 aliphatic carbocycles. The third-order valence-electron chi connectivity index (χ3n) is 3.84. The van der Waals surface area contributed by atoms with Gasteiger partial charge in [0, 0.05) is 6.04 Å². The van der Waals surface area contributed by atoms with Crippen LogP contribution in [0, 0.1) is 5.92 Å². The standard InChI is InChI=1S/C15H20F3NO2/c1-10(19-9-11-2-5-13(20)8-11)12-3-6-14(7-4-12)21-15(16,17)18/h3-4,6-7,10-11,13,19-20H,2,5,8-9H2,1H3. The highest BCUT2D eigenvalue weighted by Gasteiger charge is 2.31. The minimum absolute atomic E-state index is 0.0441. The van der Waals surface area contributed by atoms with Crippen LogP contribution in [0.2, 0.25) is 0 Å². The predicted molar refractivity (Wildman–Crippen MR) is 72.9 cm³/mol. The smallest absolute Gasteiger partial charge is 0.406 e. The van der Waals surface area contributed by atoms with Crippen LogP contribution in [0.3, 0.4) is 0 Å². The van der Waals surface area contributed by atoms with Crippen LogP contribution < -0.4 is 10.1 Å². The minimum atomic E-state index is -4.66. The van der Waals surface area contributed by atoms with Crippen LogP contribution in [0.15, 0.2) is 24.3 Å². The van der Waals surface area contributed by atoms with Crippen molar-refractivity contribution in [1.82, 2.24) is 5.32 Å². The maximum absolute atomic E-state index is 12.1. The summed E-state index contributed by atoms with van der Waals surface area (Å²) in [4.78, 5) is 0. The summed E-state index contributed by atoms with van der Waals surface area (Å²) in [7, 11) is 0. The molecule has 0 amide bonds. The van der Waals surface area contributed by atoms with Crippen LogP contribution in [-0.4, -0.2) is 24.1 Å². The van der Waals surface area contributed by atoms with Gasteiger partial charge in [0.15, 0.2) is 0 Å². The van der Waals surface area contributed by atoms with Crippen LogP contribution in [0.5, 0.6) is 5.75 Å². The molecule has 0 heterocycles. The number of nitrogens with one attached hydrogen (secondary N) is 1. The number of halogens is 3. The van der Waals surface area contributed by atoms with Crippen molar-refractivity contribution in [1.29, 1.82) is 0 Å². The zero-order valence-corrected chi connectivity index (χ0v) is 11.9. The van der Waals surface area contributed by atoms with E-state index in [0.717, 1.165) is 31.4 Å². The second-order valence-electron chi connectivity index (χ2n) is 5.58. The molecule has 1 saturated carbocycles. The lowest BCUT2D eigenvalue weighted by molar-refractivity contribution is -0.274. The fraction of sp³-hybridized carbons (Fsp3) is 0.600. The van der Waals surface area contributed by atoms with Gasteiger partial charge >= 0.3 is 6.36 Å². The first-order valence-electron chi connectivity index (χ1n) is 7.10. The van der Waals surface area contributed by atoms with Crippen molar-refractivity contribution in [2.75, 3.05) is 6.54 Å². The zero-order chi connectivity index (χ0) is 15.5. The van der Waals surface area contributed by atoms with Crippen LogP contribution in [0.25, 0.3) is 0 Å². The molecule has 118 valence electrons. The van der Waals surface area contributed by atoms with E-state index in [1.807, 2.05) is 6.92 Å². The van der Waals surface area contributed by atoms with E-state index in [-0.39, 0.29) is 17.9 Å². The van der Waals surface area contributed by atoms with Crippen LogP contribution in [0.1, 0.15) is 37.8 Å². The number of aliphatic hydroxyl groups excluding tert-OH is 1. The molecule has 1 aliphatic rings. The number of ether oxygens (including phenoxy) is 1. The van der Waals surface area contributed by atoms with Crippen molar-refractivity contribution < 1.29 is 23.0 Å². The monoisotopic (exact) mass is 303 g/mol. The van der Waals surface area contributed by atoms with Crippen LogP contribution in [-0.2, 0) is 0 Å². The molecule has 0 aromatic heterocycles. The molecular weight excluding hydrogens is 283 g/mol. The normalized spacial score (nSPS) is 24.0. The maximum atomic E-state index is 12.1. The van der Waals surface area contributed by atoms with Gasteiger partial charge in [-0.25, -0.2) is 0 Å². The van der Waals surface area contributed by atoms with Crippen molar-refractivity contribution in [3.05, 3.63) is 29.8 Å². The molecule has 1 aromatic rings. The summed E-state index contributed by atoms with van der Waals surface area (Å²) in [6.45, 7) is 2.77. The number of hydrogen-bond donors (Lipinski definition) is 2. The Balaban J connectivity index is 1.83. The zero-order valence-electron chi connectivity index (χ0n) is 11.9. The number of rotatable bonds is 5. The molecule has 3 atom stereocenters. The van der Waals surface area contributed by atoms with Crippen molar-refractivity contribution in [2.24, 2.45) is 5.92 Å². The van der Waals surface area contributed by atoms with Gasteiger partial charge in [-0.2, -0.15) is 0 Å². The summed E-state index contributed by atoms with van der Waals surface area (Å²) in [6.07, 6.45) is -2.16. The highest BCUT2D eigenvalue weighted by atomic mass is 19.4. The summed E-state index contributed by atoms with van der Waals surface area (Å²) < 4.78 is 40.1.